The van der Waals surface area contributed by atoms with Crippen molar-refractivity contribution in [2.75, 3.05) is 18.0 Å². The summed E-state index contributed by atoms with van der Waals surface area (Å²) in [5.74, 6) is -0.567. The average Bonchev–Trinajstić information content (AvgIpc) is 3.23. The Labute approximate surface area is 228 Å². The Hall–Kier alpha value is -4.08. The van der Waals surface area contributed by atoms with E-state index in [2.05, 4.69) is 15.1 Å². The van der Waals surface area contributed by atoms with Crippen LogP contribution in [0.15, 0.2) is 65.8 Å². The van der Waals surface area contributed by atoms with Gasteiger partial charge in [0.05, 0.1) is 22.4 Å². The fourth-order valence-electron chi connectivity index (χ4n) is 5.87. The van der Waals surface area contributed by atoms with E-state index >= 15 is 4.39 Å². The van der Waals surface area contributed by atoms with Crippen molar-refractivity contribution in [2.24, 2.45) is 18.2 Å². The molecular formula is C29H26ClFN6O2. The average molecular weight is 545 g/mol. The summed E-state index contributed by atoms with van der Waals surface area (Å²) in [6.45, 7) is 1.60. The Balaban J connectivity index is 1.33. The molecule has 1 aliphatic carbocycles. The standard InChI is InChI=1S/C29H26ClFN6O2/c1-35-6-7-37(28(35)39)24-3-2-16(8-22(24)30)19-11-18(31)12-20(27(19)38)17-9-23-21(13-33-34-23)25(10-17)36-14-26(32)29(15-36)4-5-29/h2-3,6-13,26,38H,4-5,14-15,32H2,1H3,(H,33,34)/t26-/m1/s1. The minimum Gasteiger partial charge on any atom is -0.507 e. The van der Waals surface area contributed by atoms with Crippen molar-refractivity contribution in [3.8, 4) is 33.7 Å². The Morgan fingerprint density at radius 1 is 1.10 bits per heavy atom. The Kier molecular flexibility index (Phi) is 5.20. The molecule has 2 aromatic heterocycles. The second-order valence-corrected chi connectivity index (χ2v) is 11.2. The molecule has 4 N–H and O–H groups in total. The summed E-state index contributed by atoms with van der Waals surface area (Å²) in [5, 5.41) is 19.9. The molecule has 0 bridgehead atoms. The number of aromatic hydroxyl groups is 1. The molecule has 1 saturated carbocycles. The molecule has 3 aromatic carbocycles. The van der Waals surface area contributed by atoms with Crippen molar-refractivity contribution in [3.05, 3.63) is 82.4 Å². The second kappa shape index (κ2) is 8.46. The number of rotatable bonds is 4. The molecule has 2 fully saturated rings. The Morgan fingerprint density at radius 2 is 1.87 bits per heavy atom. The number of hydrogen-bond donors (Lipinski definition) is 3. The van der Waals surface area contributed by atoms with E-state index in [-0.39, 0.29) is 22.9 Å². The Morgan fingerprint density at radius 3 is 2.54 bits per heavy atom. The van der Waals surface area contributed by atoms with Gasteiger partial charge in [-0.3, -0.25) is 9.67 Å². The van der Waals surface area contributed by atoms with Crippen LogP contribution in [0.3, 0.4) is 0 Å². The monoisotopic (exact) mass is 544 g/mol. The number of aromatic amines is 1. The van der Waals surface area contributed by atoms with Gasteiger partial charge in [0.1, 0.15) is 11.6 Å². The van der Waals surface area contributed by atoms with E-state index < -0.39 is 5.82 Å². The molecule has 1 saturated heterocycles. The molecule has 0 radical (unpaired) electrons. The zero-order valence-electron chi connectivity index (χ0n) is 21.2. The number of nitrogens with zero attached hydrogens (tertiary/aromatic N) is 4. The maximum absolute atomic E-state index is 15.1. The van der Waals surface area contributed by atoms with Crippen LogP contribution in [0.5, 0.6) is 5.75 Å². The smallest absolute Gasteiger partial charge is 0.332 e. The number of phenolic OH excluding ortho intramolecular Hbond substituents is 1. The zero-order valence-corrected chi connectivity index (χ0v) is 21.9. The van der Waals surface area contributed by atoms with Crippen molar-refractivity contribution in [1.82, 2.24) is 19.3 Å². The summed E-state index contributed by atoms with van der Waals surface area (Å²) in [6.07, 6.45) is 7.32. The summed E-state index contributed by atoms with van der Waals surface area (Å²) < 4.78 is 17.9. The van der Waals surface area contributed by atoms with E-state index in [1.165, 1.54) is 21.3 Å². The number of fused-ring (bicyclic) bond motifs is 1. The first-order chi connectivity index (χ1) is 18.7. The summed E-state index contributed by atoms with van der Waals surface area (Å²) in [6, 6.07) is 11.6. The van der Waals surface area contributed by atoms with Crippen molar-refractivity contribution in [3.63, 3.8) is 0 Å². The van der Waals surface area contributed by atoms with Gasteiger partial charge in [0.25, 0.3) is 0 Å². The van der Waals surface area contributed by atoms with Gasteiger partial charge >= 0.3 is 5.69 Å². The predicted molar refractivity (Wildman–Crippen MR) is 150 cm³/mol. The van der Waals surface area contributed by atoms with Gasteiger partial charge in [0, 0.05) is 66.2 Å². The van der Waals surface area contributed by atoms with Gasteiger partial charge in [-0.25, -0.2) is 9.18 Å². The fourth-order valence-corrected chi connectivity index (χ4v) is 6.14. The van der Waals surface area contributed by atoms with Gasteiger partial charge in [0.2, 0.25) is 0 Å². The summed E-state index contributed by atoms with van der Waals surface area (Å²) in [4.78, 5) is 14.7. The van der Waals surface area contributed by atoms with Crippen LogP contribution >= 0.6 is 11.6 Å². The highest BCUT2D eigenvalue weighted by Gasteiger charge is 2.53. The van der Waals surface area contributed by atoms with Crippen molar-refractivity contribution < 1.29 is 9.50 Å². The molecule has 198 valence electrons. The second-order valence-electron chi connectivity index (χ2n) is 10.8. The minimum atomic E-state index is -0.497. The van der Waals surface area contributed by atoms with Crippen LogP contribution in [0.4, 0.5) is 10.1 Å². The highest BCUT2D eigenvalue weighted by Crippen LogP contribution is 2.53. The quantitative estimate of drug-likeness (QED) is 0.301. The third kappa shape index (κ3) is 3.76. The summed E-state index contributed by atoms with van der Waals surface area (Å²) in [5.41, 5.74) is 10.5. The van der Waals surface area contributed by atoms with Crippen LogP contribution in [0.2, 0.25) is 5.02 Å². The van der Waals surface area contributed by atoms with Gasteiger partial charge in [-0.05, 0) is 60.4 Å². The van der Waals surface area contributed by atoms with Gasteiger partial charge in [-0.1, -0.05) is 17.7 Å². The van der Waals surface area contributed by atoms with Gasteiger partial charge in [-0.15, -0.1) is 0 Å². The maximum Gasteiger partial charge on any atom is 0.332 e. The number of benzene rings is 3. The molecular weight excluding hydrogens is 519 g/mol. The molecule has 1 spiro atoms. The molecule has 1 atom stereocenters. The first-order valence-electron chi connectivity index (χ1n) is 12.8. The lowest BCUT2D eigenvalue weighted by Crippen LogP contribution is -2.30. The van der Waals surface area contributed by atoms with Crippen LogP contribution in [0, 0.1) is 11.2 Å². The lowest BCUT2D eigenvalue weighted by molar-refractivity contribution is 0.477. The number of aryl methyl sites for hydroxylation is 1. The lowest BCUT2D eigenvalue weighted by Gasteiger charge is -2.21. The number of H-pyrrole nitrogens is 1. The van der Waals surface area contributed by atoms with Crippen LogP contribution in [-0.4, -0.2) is 43.6 Å². The van der Waals surface area contributed by atoms with Crippen molar-refractivity contribution in [1.29, 1.82) is 0 Å². The van der Waals surface area contributed by atoms with E-state index in [1.807, 2.05) is 12.1 Å². The van der Waals surface area contributed by atoms with Crippen molar-refractivity contribution >= 4 is 28.2 Å². The lowest BCUT2D eigenvalue weighted by atomic mass is 9.95. The number of phenols is 1. The maximum atomic E-state index is 15.1. The van der Waals surface area contributed by atoms with E-state index in [0.717, 1.165) is 42.5 Å². The zero-order chi connectivity index (χ0) is 27.1. The topological polar surface area (TPSA) is 105 Å². The van der Waals surface area contributed by atoms with Gasteiger partial charge in [0.15, 0.2) is 0 Å². The number of nitrogens with one attached hydrogen (secondary N) is 1. The van der Waals surface area contributed by atoms with Crippen LogP contribution < -0.4 is 16.3 Å². The first-order valence-corrected chi connectivity index (χ1v) is 13.2. The molecule has 7 rings (SSSR count). The molecule has 8 nitrogen and oxygen atoms in total. The highest BCUT2D eigenvalue weighted by molar-refractivity contribution is 6.32. The van der Waals surface area contributed by atoms with E-state index in [0.29, 0.717) is 33.0 Å². The molecule has 2 aliphatic rings. The van der Waals surface area contributed by atoms with E-state index in [4.69, 9.17) is 17.3 Å². The first kappa shape index (κ1) is 24.0. The highest BCUT2D eigenvalue weighted by atomic mass is 35.5. The molecule has 0 unspecified atom stereocenters. The molecule has 5 aromatic rings. The fraction of sp³-hybridized carbons (Fsp3) is 0.241. The number of imidazole rings is 1. The van der Waals surface area contributed by atoms with Crippen LogP contribution in [-0.2, 0) is 7.05 Å². The number of hydrogen-bond acceptors (Lipinski definition) is 5. The van der Waals surface area contributed by atoms with Crippen LogP contribution in [0.25, 0.3) is 38.8 Å². The molecule has 39 heavy (non-hydrogen) atoms. The minimum absolute atomic E-state index is 0.0707. The third-order valence-corrected chi connectivity index (χ3v) is 8.63. The predicted octanol–water partition coefficient (Wildman–Crippen LogP) is 4.81. The van der Waals surface area contributed by atoms with Crippen molar-refractivity contribution in [2.45, 2.75) is 18.9 Å². The van der Waals surface area contributed by atoms with E-state index in [9.17, 15) is 9.90 Å². The molecule has 1 aliphatic heterocycles. The number of anilines is 1. The Bertz CT molecular complexity index is 1840. The van der Waals surface area contributed by atoms with E-state index in [1.54, 1.807) is 43.8 Å². The SMILES string of the molecule is Cn1ccn(-c2ccc(-c3cc(F)cc(-c4cc(N5C[C@@H](N)C6(CC6)C5)c5cn[nH]c5c4)c3O)cc2Cl)c1=O. The summed E-state index contributed by atoms with van der Waals surface area (Å²) >= 11 is 6.56. The van der Waals surface area contributed by atoms with Gasteiger partial charge < -0.3 is 20.3 Å². The van der Waals surface area contributed by atoms with Crippen LogP contribution in [0.1, 0.15) is 12.8 Å². The number of aromatic nitrogens is 4. The molecule has 3 heterocycles. The number of halogens is 2. The largest absolute Gasteiger partial charge is 0.507 e. The molecule has 0 amide bonds. The number of nitrogens with two attached hydrogens (primary N) is 1. The normalized spacial score (nSPS) is 17.9. The third-order valence-electron chi connectivity index (χ3n) is 8.33. The molecule has 10 heteroatoms. The summed E-state index contributed by atoms with van der Waals surface area (Å²) in [7, 11) is 1.65. The van der Waals surface area contributed by atoms with Gasteiger partial charge in [-0.2, -0.15) is 5.10 Å².